The molecule has 0 aromatic heterocycles. The maximum atomic E-state index is 2.45. The summed E-state index contributed by atoms with van der Waals surface area (Å²) in [4.78, 5) is 0. The molecule has 1 unspecified atom stereocenters. The molecule has 0 aromatic rings. The van der Waals surface area contributed by atoms with Crippen molar-refractivity contribution in [1.29, 1.82) is 0 Å². The van der Waals surface area contributed by atoms with Gasteiger partial charge in [-0.25, -0.2) is 0 Å². The van der Waals surface area contributed by atoms with Crippen LogP contribution in [0.1, 0.15) is 72.1 Å². The lowest BCUT2D eigenvalue weighted by Gasteiger charge is -2.27. The molecule has 0 bridgehead atoms. The van der Waals surface area contributed by atoms with Crippen LogP contribution in [-0.2, 0) is 0 Å². The molecule has 1 saturated carbocycles. The quantitative estimate of drug-likeness (QED) is 0.517. The Labute approximate surface area is 90.5 Å². The monoisotopic (exact) mass is 195 g/mol. The van der Waals surface area contributed by atoms with Crippen molar-refractivity contribution in [2.24, 2.45) is 11.3 Å². The zero-order valence-corrected chi connectivity index (χ0v) is 10.3. The van der Waals surface area contributed by atoms with Gasteiger partial charge in [-0.15, -0.1) is 0 Å². The van der Waals surface area contributed by atoms with Crippen LogP contribution in [0.2, 0.25) is 0 Å². The van der Waals surface area contributed by atoms with E-state index in [2.05, 4.69) is 27.2 Å². The molecule has 0 radical (unpaired) electrons. The molecule has 0 N–H and O–H groups in total. The molecular formula is C14H27+. The van der Waals surface area contributed by atoms with Crippen LogP contribution in [0, 0.1) is 17.8 Å². The maximum absolute atomic E-state index is 2.45. The molecule has 0 nitrogen and oxygen atoms in total. The molecule has 0 aliphatic heterocycles. The van der Waals surface area contributed by atoms with Gasteiger partial charge in [0.2, 0.25) is 0 Å². The van der Waals surface area contributed by atoms with Crippen LogP contribution in [-0.4, -0.2) is 0 Å². The van der Waals surface area contributed by atoms with Crippen molar-refractivity contribution < 1.29 is 0 Å². The Bertz CT molecular complexity index is 146. The Morgan fingerprint density at radius 1 is 1.00 bits per heavy atom. The van der Waals surface area contributed by atoms with Gasteiger partial charge >= 0.3 is 0 Å². The van der Waals surface area contributed by atoms with Crippen LogP contribution in [0.3, 0.4) is 0 Å². The van der Waals surface area contributed by atoms with Gasteiger partial charge in [0, 0.05) is 0 Å². The van der Waals surface area contributed by atoms with Gasteiger partial charge in [-0.1, -0.05) is 39.5 Å². The molecular weight excluding hydrogens is 168 g/mol. The molecule has 1 fully saturated rings. The van der Waals surface area contributed by atoms with E-state index in [9.17, 15) is 0 Å². The van der Waals surface area contributed by atoms with E-state index in [0.29, 0.717) is 5.41 Å². The van der Waals surface area contributed by atoms with Gasteiger partial charge in [-0.05, 0) is 31.1 Å². The lowest BCUT2D eigenvalue weighted by Crippen LogP contribution is -2.18. The summed E-state index contributed by atoms with van der Waals surface area (Å²) in [6.45, 7) is 7.14. The maximum Gasteiger partial charge on any atom is 0.0979 e. The first-order valence-electron chi connectivity index (χ1n) is 6.43. The molecule has 14 heavy (non-hydrogen) atoms. The van der Waals surface area contributed by atoms with Gasteiger partial charge < -0.3 is 0 Å². The predicted molar refractivity (Wildman–Crippen MR) is 64.2 cm³/mol. The van der Waals surface area contributed by atoms with Crippen LogP contribution in [0.25, 0.3) is 0 Å². The first-order valence-corrected chi connectivity index (χ1v) is 6.43. The van der Waals surface area contributed by atoms with Gasteiger partial charge in [0.1, 0.15) is 0 Å². The summed E-state index contributed by atoms with van der Waals surface area (Å²) >= 11 is 0. The van der Waals surface area contributed by atoms with Crippen molar-refractivity contribution >= 4 is 0 Å². The van der Waals surface area contributed by atoms with E-state index in [1.54, 1.807) is 0 Å². The van der Waals surface area contributed by atoms with E-state index in [1.807, 2.05) is 0 Å². The van der Waals surface area contributed by atoms with Crippen molar-refractivity contribution in [3.05, 3.63) is 6.42 Å². The van der Waals surface area contributed by atoms with Crippen molar-refractivity contribution in [1.82, 2.24) is 0 Å². The van der Waals surface area contributed by atoms with Gasteiger partial charge in [0.05, 0.1) is 19.3 Å². The van der Waals surface area contributed by atoms with Crippen LogP contribution < -0.4 is 0 Å². The Balaban J connectivity index is 2.45. The third-order valence-electron chi connectivity index (χ3n) is 3.71. The van der Waals surface area contributed by atoms with E-state index in [-0.39, 0.29) is 0 Å². The van der Waals surface area contributed by atoms with Gasteiger partial charge in [0.15, 0.2) is 0 Å². The normalized spacial score (nSPS) is 29.5. The highest BCUT2D eigenvalue weighted by Gasteiger charge is 2.26. The van der Waals surface area contributed by atoms with E-state index < -0.39 is 0 Å². The van der Waals surface area contributed by atoms with Crippen LogP contribution >= 0.6 is 0 Å². The molecule has 0 spiro atoms. The SMILES string of the molecule is C[CH+]C1CCCCCCCC(C)(C)C1. The largest absolute Gasteiger partial charge is 0.0979 e. The van der Waals surface area contributed by atoms with Gasteiger partial charge in [-0.2, -0.15) is 0 Å². The van der Waals surface area contributed by atoms with Crippen molar-refractivity contribution in [2.45, 2.75) is 72.1 Å². The molecule has 82 valence electrons. The summed E-state index contributed by atoms with van der Waals surface area (Å²) in [7, 11) is 0. The third-order valence-corrected chi connectivity index (χ3v) is 3.71. The molecule has 0 heterocycles. The fourth-order valence-electron chi connectivity index (χ4n) is 2.74. The minimum Gasteiger partial charge on any atom is -0.0597 e. The van der Waals surface area contributed by atoms with Crippen LogP contribution in [0.4, 0.5) is 0 Å². The molecule has 1 aliphatic carbocycles. The number of rotatable bonds is 1. The van der Waals surface area contributed by atoms with Crippen LogP contribution in [0.15, 0.2) is 0 Å². The molecule has 0 amide bonds. The fraction of sp³-hybridized carbons (Fsp3) is 0.929. The summed E-state index contributed by atoms with van der Waals surface area (Å²) in [5, 5.41) is 0. The minimum atomic E-state index is 0.578. The highest BCUT2D eigenvalue weighted by Crippen LogP contribution is 2.35. The second kappa shape index (κ2) is 5.68. The first kappa shape index (κ1) is 11.9. The molecule has 1 rings (SSSR count). The zero-order chi connectivity index (χ0) is 10.4. The molecule has 0 heteroatoms. The minimum absolute atomic E-state index is 0.578. The molecule has 1 atom stereocenters. The second-order valence-electron chi connectivity index (χ2n) is 5.77. The van der Waals surface area contributed by atoms with Crippen molar-refractivity contribution in [3.63, 3.8) is 0 Å². The lowest BCUT2D eigenvalue weighted by molar-refractivity contribution is 0.237. The number of hydrogen-bond acceptors (Lipinski definition) is 0. The van der Waals surface area contributed by atoms with Crippen molar-refractivity contribution in [2.75, 3.05) is 0 Å². The Morgan fingerprint density at radius 3 is 2.36 bits per heavy atom. The van der Waals surface area contributed by atoms with E-state index >= 15 is 0 Å². The Kier molecular flexibility index (Phi) is 4.84. The average molecular weight is 195 g/mol. The molecule has 0 aromatic carbocycles. The summed E-state index contributed by atoms with van der Waals surface area (Å²) in [5.74, 6) is 0.878. The van der Waals surface area contributed by atoms with E-state index in [1.165, 1.54) is 51.4 Å². The third kappa shape index (κ3) is 4.39. The molecule has 0 saturated heterocycles. The van der Waals surface area contributed by atoms with Gasteiger partial charge in [-0.3, -0.25) is 0 Å². The smallest absolute Gasteiger partial charge is 0.0597 e. The molecule has 1 aliphatic rings. The Morgan fingerprint density at radius 2 is 1.64 bits per heavy atom. The van der Waals surface area contributed by atoms with Crippen molar-refractivity contribution in [3.8, 4) is 0 Å². The topological polar surface area (TPSA) is 0 Å². The summed E-state index contributed by atoms with van der Waals surface area (Å²) in [6.07, 6.45) is 14.0. The van der Waals surface area contributed by atoms with Gasteiger partial charge in [0.25, 0.3) is 0 Å². The first-order chi connectivity index (χ1) is 6.64. The zero-order valence-electron chi connectivity index (χ0n) is 10.3. The highest BCUT2D eigenvalue weighted by molar-refractivity contribution is 4.80. The second-order valence-corrected chi connectivity index (χ2v) is 5.77. The highest BCUT2D eigenvalue weighted by atomic mass is 14.3. The summed E-state index contributed by atoms with van der Waals surface area (Å²) < 4.78 is 0. The summed E-state index contributed by atoms with van der Waals surface area (Å²) in [5.41, 5.74) is 0.578. The standard InChI is InChI=1S/C14H27/c1-4-13-10-8-6-5-7-9-11-14(2,3)12-13/h4,13H,5-12H2,1-3H3/q+1. The number of hydrogen-bond donors (Lipinski definition) is 0. The fourth-order valence-corrected chi connectivity index (χ4v) is 2.74. The van der Waals surface area contributed by atoms with Crippen LogP contribution in [0.5, 0.6) is 0 Å². The predicted octanol–water partition coefficient (Wildman–Crippen LogP) is 4.99. The van der Waals surface area contributed by atoms with E-state index in [0.717, 1.165) is 5.92 Å². The average Bonchev–Trinajstić information content (AvgIpc) is 2.14. The summed E-state index contributed by atoms with van der Waals surface area (Å²) in [6, 6.07) is 0. The Hall–Kier alpha value is -0.130. The van der Waals surface area contributed by atoms with E-state index in [4.69, 9.17) is 0 Å². The lowest BCUT2D eigenvalue weighted by atomic mass is 9.75.